The summed E-state index contributed by atoms with van der Waals surface area (Å²) in [7, 11) is 1.31. The number of carbonyl (C=O) groups excluding carboxylic acids is 1. The average Bonchev–Trinajstić information content (AvgIpc) is 2.26. The van der Waals surface area contributed by atoms with Crippen molar-refractivity contribution >= 4 is 16.7 Å². The van der Waals surface area contributed by atoms with Crippen LogP contribution in [0.1, 0.15) is 10.4 Å². The first-order valence-corrected chi connectivity index (χ1v) is 4.44. The summed E-state index contributed by atoms with van der Waals surface area (Å²) in [6.07, 6.45) is 2.86. The molecule has 0 radical (unpaired) electrons. The number of fused-ring (bicyclic) bond motifs is 1. The van der Waals surface area contributed by atoms with Gasteiger partial charge in [0.15, 0.2) is 0 Å². The Labute approximate surface area is 86.3 Å². The molecule has 4 heteroatoms. The molecule has 15 heavy (non-hydrogen) atoms. The minimum absolute atomic E-state index is 0.345. The van der Waals surface area contributed by atoms with E-state index >= 15 is 0 Å². The number of ether oxygens (including phenoxy) is 1. The number of esters is 1. The molecule has 0 unspecified atom stereocenters. The smallest absolute Gasteiger partial charge is 0.344 e. The number of aromatic nitrogens is 1. The van der Waals surface area contributed by atoms with Gasteiger partial charge < -0.3 is 4.74 Å². The van der Waals surface area contributed by atoms with Crippen LogP contribution >= 0.6 is 0 Å². The molecular weight excluding hydrogens is 194 g/mol. The molecule has 1 N–H and O–H groups in total. The molecule has 2 aromatic rings. The fourth-order valence-corrected chi connectivity index (χ4v) is 1.51. The topological polar surface area (TPSA) is 50.4 Å². The van der Waals surface area contributed by atoms with E-state index in [1.165, 1.54) is 19.5 Å². The van der Waals surface area contributed by atoms with Crippen molar-refractivity contribution in [2.75, 3.05) is 7.11 Å². The molecule has 76 valence electrons. The normalized spacial score (nSPS) is 10.2. The van der Waals surface area contributed by atoms with Crippen LogP contribution in [0.4, 0.5) is 0 Å². The van der Waals surface area contributed by atoms with Gasteiger partial charge in [0.25, 0.3) is 0 Å². The summed E-state index contributed by atoms with van der Waals surface area (Å²) in [5.74, 6) is -0.463. The van der Waals surface area contributed by atoms with Gasteiger partial charge >= 0.3 is 5.97 Å². The van der Waals surface area contributed by atoms with Crippen LogP contribution in [0.3, 0.4) is 0 Å². The summed E-state index contributed by atoms with van der Waals surface area (Å²) in [6.45, 7) is 0. The Balaban J connectivity index is 2.76. The highest BCUT2D eigenvalue weighted by Crippen LogP contribution is 2.16. The lowest BCUT2D eigenvalue weighted by atomic mass is 10.1. The molecule has 0 amide bonds. The Morgan fingerprint density at radius 1 is 1.33 bits per heavy atom. The standard InChI is InChI=1S/C11H10NO3/c1-15-11(13)10-7-12(14)6-8-4-2-3-5-9(8)10/h2-7,14H,1H3/q+1. The number of carbonyl (C=O) groups is 1. The van der Waals surface area contributed by atoms with E-state index in [-0.39, 0.29) is 0 Å². The minimum Gasteiger partial charge on any atom is -0.465 e. The second-order valence-electron chi connectivity index (χ2n) is 3.13. The molecule has 4 nitrogen and oxygen atoms in total. The largest absolute Gasteiger partial charge is 0.465 e. The monoisotopic (exact) mass is 204 g/mol. The average molecular weight is 204 g/mol. The third-order valence-corrected chi connectivity index (χ3v) is 2.19. The molecule has 1 aromatic carbocycles. The van der Waals surface area contributed by atoms with Crippen LogP contribution in [-0.2, 0) is 4.74 Å². The summed E-state index contributed by atoms with van der Waals surface area (Å²) in [5, 5.41) is 10.9. The van der Waals surface area contributed by atoms with Crippen LogP contribution in [-0.4, -0.2) is 18.3 Å². The number of benzene rings is 1. The summed E-state index contributed by atoms with van der Waals surface area (Å²) >= 11 is 0. The van der Waals surface area contributed by atoms with E-state index < -0.39 is 5.97 Å². The molecule has 0 fully saturated rings. The second kappa shape index (κ2) is 3.57. The van der Waals surface area contributed by atoms with E-state index in [4.69, 9.17) is 0 Å². The number of pyridine rings is 1. The van der Waals surface area contributed by atoms with Crippen LogP contribution in [0.15, 0.2) is 36.7 Å². The van der Waals surface area contributed by atoms with Crippen molar-refractivity contribution in [1.29, 1.82) is 0 Å². The van der Waals surface area contributed by atoms with Crippen LogP contribution in [0.25, 0.3) is 10.8 Å². The number of hydrogen-bond donors (Lipinski definition) is 1. The van der Waals surface area contributed by atoms with Gasteiger partial charge in [-0.3, -0.25) is 5.21 Å². The zero-order valence-corrected chi connectivity index (χ0v) is 8.18. The van der Waals surface area contributed by atoms with E-state index in [2.05, 4.69) is 4.74 Å². The predicted molar refractivity (Wildman–Crippen MR) is 52.7 cm³/mol. The second-order valence-corrected chi connectivity index (χ2v) is 3.13. The maximum absolute atomic E-state index is 11.4. The molecule has 0 atom stereocenters. The first kappa shape index (κ1) is 9.45. The van der Waals surface area contributed by atoms with E-state index in [9.17, 15) is 10.0 Å². The summed E-state index contributed by atoms with van der Waals surface area (Å²) in [5.41, 5.74) is 0.345. The molecular formula is C11H10NO3+. The van der Waals surface area contributed by atoms with Crippen LogP contribution in [0.5, 0.6) is 0 Å². The summed E-state index contributed by atoms with van der Waals surface area (Å²) < 4.78 is 5.49. The highest BCUT2D eigenvalue weighted by Gasteiger charge is 2.16. The summed E-state index contributed by atoms with van der Waals surface area (Å²) in [6, 6.07) is 7.29. The Morgan fingerprint density at radius 2 is 2.07 bits per heavy atom. The van der Waals surface area contributed by atoms with Crippen molar-refractivity contribution in [3.05, 3.63) is 42.2 Å². The van der Waals surface area contributed by atoms with Crippen LogP contribution < -0.4 is 4.73 Å². The Kier molecular flexibility index (Phi) is 2.25. The molecule has 0 aliphatic heterocycles. The van der Waals surface area contributed by atoms with Gasteiger partial charge in [0.05, 0.1) is 12.5 Å². The molecule has 1 aromatic heterocycles. The SMILES string of the molecule is COC(=O)c1c[n+](O)cc2ccccc12. The van der Waals surface area contributed by atoms with Gasteiger partial charge in [-0.1, -0.05) is 18.2 Å². The lowest BCUT2D eigenvalue weighted by molar-refractivity contribution is -0.904. The number of nitrogens with zero attached hydrogens (tertiary/aromatic N) is 1. The van der Waals surface area contributed by atoms with Gasteiger partial charge in [0.1, 0.15) is 5.56 Å². The van der Waals surface area contributed by atoms with Crippen molar-refractivity contribution in [2.45, 2.75) is 0 Å². The number of rotatable bonds is 1. The van der Waals surface area contributed by atoms with Gasteiger partial charge in [-0.05, 0) is 6.07 Å². The molecule has 0 bridgehead atoms. The predicted octanol–water partition coefficient (Wildman–Crippen LogP) is 1.15. The van der Waals surface area contributed by atoms with E-state index in [0.29, 0.717) is 5.56 Å². The van der Waals surface area contributed by atoms with Crippen molar-refractivity contribution in [1.82, 2.24) is 0 Å². The quantitative estimate of drug-likeness (QED) is 0.430. The van der Waals surface area contributed by atoms with E-state index in [1.807, 2.05) is 24.3 Å². The minimum atomic E-state index is -0.463. The molecule has 0 spiro atoms. The fourth-order valence-electron chi connectivity index (χ4n) is 1.51. The Hall–Kier alpha value is -2.10. The molecule has 0 aliphatic carbocycles. The van der Waals surface area contributed by atoms with Crippen LogP contribution in [0.2, 0.25) is 0 Å². The summed E-state index contributed by atoms with van der Waals surface area (Å²) in [4.78, 5) is 11.4. The molecule has 0 saturated heterocycles. The van der Waals surface area contributed by atoms with Gasteiger partial charge in [-0.15, -0.1) is 0 Å². The number of hydrogen-bond acceptors (Lipinski definition) is 3. The highest BCUT2D eigenvalue weighted by atomic mass is 16.5. The lowest BCUT2D eigenvalue weighted by Gasteiger charge is -2.00. The zero-order valence-electron chi connectivity index (χ0n) is 8.18. The van der Waals surface area contributed by atoms with E-state index in [1.54, 1.807) is 0 Å². The highest BCUT2D eigenvalue weighted by molar-refractivity contribution is 6.03. The van der Waals surface area contributed by atoms with E-state index in [0.717, 1.165) is 15.5 Å². The molecule has 0 saturated carbocycles. The first-order valence-electron chi connectivity index (χ1n) is 4.44. The van der Waals surface area contributed by atoms with Gasteiger partial charge in [0, 0.05) is 10.1 Å². The first-order chi connectivity index (χ1) is 7.22. The fraction of sp³-hybridized carbons (Fsp3) is 0.0909. The number of methoxy groups -OCH3 is 1. The molecule has 2 rings (SSSR count). The van der Waals surface area contributed by atoms with Crippen molar-refractivity contribution in [3.8, 4) is 0 Å². The van der Waals surface area contributed by atoms with Crippen LogP contribution in [0, 0.1) is 0 Å². The van der Waals surface area contributed by atoms with Gasteiger partial charge in [0.2, 0.25) is 12.4 Å². The third kappa shape index (κ3) is 1.61. The van der Waals surface area contributed by atoms with Crippen molar-refractivity contribution in [2.24, 2.45) is 0 Å². The molecule has 0 aliphatic rings. The van der Waals surface area contributed by atoms with Crippen molar-refractivity contribution in [3.63, 3.8) is 0 Å². The Bertz CT molecular complexity index is 522. The molecule has 1 heterocycles. The van der Waals surface area contributed by atoms with Crippen molar-refractivity contribution < 1.29 is 19.5 Å². The maximum atomic E-state index is 11.4. The Morgan fingerprint density at radius 3 is 2.80 bits per heavy atom. The zero-order chi connectivity index (χ0) is 10.8. The van der Waals surface area contributed by atoms with Gasteiger partial charge in [-0.25, -0.2) is 4.79 Å². The maximum Gasteiger partial charge on any atom is 0.344 e. The lowest BCUT2D eigenvalue weighted by Crippen LogP contribution is -2.30. The van der Waals surface area contributed by atoms with Gasteiger partial charge in [-0.2, -0.15) is 0 Å². The third-order valence-electron chi connectivity index (χ3n) is 2.19.